The number of fused-ring (bicyclic) bond motifs is 1. The third kappa shape index (κ3) is 5.80. The lowest BCUT2D eigenvalue weighted by atomic mass is 9.97. The molecule has 0 aliphatic heterocycles. The molecule has 3 aromatic rings. The average Bonchev–Trinajstić information content (AvgIpc) is 2.77. The van der Waals surface area contributed by atoms with E-state index >= 15 is 0 Å². The van der Waals surface area contributed by atoms with Gasteiger partial charge in [-0.15, -0.1) is 0 Å². The number of aryl methyl sites for hydroxylation is 1. The summed E-state index contributed by atoms with van der Waals surface area (Å²) in [6.45, 7) is 2.53. The molecule has 32 heavy (non-hydrogen) atoms. The van der Waals surface area contributed by atoms with Crippen LogP contribution >= 0.6 is 11.8 Å². The lowest BCUT2D eigenvalue weighted by Gasteiger charge is -2.21. The van der Waals surface area contributed by atoms with Gasteiger partial charge < -0.3 is 5.32 Å². The minimum Gasteiger partial charge on any atom is -0.353 e. The van der Waals surface area contributed by atoms with Crippen LogP contribution in [0.15, 0.2) is 58.4 Å². The highest BCUT2D eigenvalue weighted by Crippen LogP contribution is 2.20. The van der Waals surface area contributed by atoms with Crippen LogP contribution in [0.5, 0.6) is 0 Å². The Morgan fingerprint density at radius 3 is 2.47 bits per heavy atom. The van der Waals surface area contributed by atoms with Crippen LogP contribution in [0.2, 0.25) is 0 Å². The van der Waals surface area contributed by atoms with E-state index in [-0.39, 0.29) is 23.3 Å². The minimum atomic E-state index is -0.145. The predicted molar refractivity (Wildman–Crippen MR) is 131 cm³/mol. The van der Waals surface area contributed by atoms with Gasteiger partial charge in [0.2, 0.25) is 5.91 Å². The first-order chi connectivity index (χ1) is 15.6. The van der Waals surface area contributed by atoms with Crippen LogP contribution in [-0.2, 0) is 11.3 Å². The molecule has 5 nitrogen and oxygen atoms in total. The molecule has 1 aromatic heterocycles. The Morgan fingerprint density at radius 2 is 1.72 bits per heavy atom. The molecule has 1 N–H and O–H groups in total. The average molecular weight is 450 g/mol. The van der Waals surface area contributed by atoms with Crippen molar-refractivity contribution in [1.82, 2.24) is 14.9 Å². The maximum atomic E-state index is 13.3. The van der Waals surface area contributed by atoms with Crippen molar-refractivity contribution in [3.63, 3.8) is 0 Å². The second kappa shape index (κ2) is 10.8. The fourth-order valence-electron chi connectivity index (χ4n) is 4.30. The van der Waals surface area contributed by atoms with E-state index in [2.05, 4.69) is 22.4 Å². The summed E-state index contributed by atoms with van der Waals surface area (Å²) in [5.41, 5.74) is 3.68. The van der Waals surface area contributed by atoms with E-state index in [0.717, 1.165) is 29.4 Å². The van der Waals surface area contributed by atoms with E-state index < -0.39 is 0 Å². The van der Waals surface area contributed by atoms with Gasteiger partial charge in [-0.2, -0.15) is 0 Å². The molecule has 0 radical (unpaired) electrons. The number of benzene rings is 2. The van der Waals surface area contributed by atoms with Gasteiger partial charge in [-0.25, -0.2) is 4.98 Å². The first kappa shape index (κ1) is 22.6. The molecule has 1 fully saturated rings. The normalized spacial score (nSPS) is 15.3. The van der Waals surface area contributed by atoms with Gasteiger partial charge in [0.05, 0.1) is 23.3 Å². The number of hydrogen-bond acceptors (Lipinski definition) is 4. The summed E-state index contributed by atoms with van der Waals surface area (Å²) in [7, 11) is 0. The number of carbonyl (C=O) groups is 1. The van der Waals surface area contributed by atoms with Crippen molar-refractivity contribution < 1.29 is 4.79 Å². The molecule has 1 amide bonds. The SMILES string of the molecule is Cc1ccc(Cn2c(=O)c(SCC(=O)NC3CCCCCCC3)nc3ccccc32)cc1. The molecule has 4 rings (SSSR count). The lowest BCUT2D eigenvalue weighted by Crippen LogP contribution is -2.36. The summed E-state index contributed by atoms with van der Waals surface area (Å²) in [5, 5.41) is 3.56. The Bertz CT molecular complexity index is 1120. The van der Waals surface area contributed by atoms with Crippen molar-refractivity contribution in [2.75, 3.05) is 5.75 Å². The molecule has 0 spiro atoms. The van der Waals surface area contributed by atoms with E-state index in [0.29, 0.717) is 11.6 Å². The number of amides is 1. The molecule has 1 heterocycles. The molecule has 0 bridgehead atoms. The molecule has 1 saturated carbocycles. The zero-order valence-electron chi connectivity index (χ0n) is 18.7. The Balaban J connectivity index is 1.51. The highest BCUT2D eigenvalue weighted by molar-refractivity contribution is 7.99. The van der Waals surface area contributed by atoms with Crippen LogP contribution in [0.3, 0.4) is 0 Å². The van der Waals surface area contributed by atoms with Crippen LogP contribution in [-0.4, -0.2) is 27.3 Å². The van der Waals surface area contributed by atoms with Crippen molar-refractivity contribution in [2.45, 2.75) is 69.5 Å². The van der Waals surface area contributed by atoms with Crippen LogP contribution < -0.4 is 10.9 Å². The topological polar surface area (TPSA) is 64.0 Å². The largest absolute Gasteiger partial charge is 0.353 e. The Morgan fingerprint density at radius 1 is 1.03 bits per heavy atom. The fourth-order valence-corrected chi connectivity index (χ4v) is 5.05. The van der Waals surface area contributed by atoms with Crippen molar-refractivity contribution >= 4 is 28.7 Å². The molecule has 2 aromatic carbocycles. The lowest BCUT2D eigenvalue weighted by molar-refractivity contribution is -0.119. The summed E-state index contributed by atoms with van der Waals surface area (Å²) in [5.74, 6) is 0.196. The van der Waals surface area contributed by atoms with E-state index in [1.165, 1.54) is 49.4 Å². The van der Waals surface area contributed by atoms with Crippen LogP contribution in [0.25, 0.3) is 11.0 Å². The van der Waals surface area contributed by atoms with Crippen molar-refractivity contribution in [3.05, 3.63) is 70.0 Å². The number of aromatic nitrogens is 2. The van der Waals surface area contributed by atoms with Crippen LogP contribution in [0, 0.1) is 6.92 Å². The summed E-state index contributed by atoms with van der Waals surface area (Å²) in [4.78, 5) is 30.5. The monoisotopic (exact) mass is 449 g/mol. The molecule has 1 aliphatic rings. The van der Waals surface area contributed by atoms with Gasteiger partial charge in [-0.1, -0.05) is 85.8 Å². The number of rotatable bonds is 6. The molecule has 0 unspecified atom stereocenters. The number of thioether (sulfide) groups is 1. The van der Waals surface area contributed by atoms with E-state index in [9.17, 15) is 9.59 Å². The third-order valence-electron chi connectivity index (χ3n) is 6.09. The maximum absolute atomic E-state index is 13.3. The molecular formula is C26H31N3O2S. The number of para-hydroxylation sites is 2. The molecule has 0 atom stereocenters. The highest BCUT2D eigenvalue weighted by atomic mass is 32.2. The molecule has 6 heteroatoms. The summed E-state index contributed by atoms with van der Waals surface area (Å²) < 4.78 is 1.77. The number of nitrogens with one attached hydrogen (secondary N) is 1. The van der Waals surface area contributed by atoms with E-state index in [1.54, 1.807) is 4.57 Å². The van der Waals surface area contributed by atoms with Gasteiger partial charge in [0.15, 0.2) is 5.03 Å². The Labute approximate surface area is 193 Å². The maximum Gasteiger partial charge on any atom is 0.283 e. The zero-order valence-corrected chi connectivity index (χ0v) is 19.5. The smallest absolute Gasteiger partial charge is 0.283 e. The summed E-state index contributed by atoms with van der Waals surface area (Å²) in [6, 6.07) is 16.1. The third-order valence-corrected chi connectivity index (χ3v) is 7.04. The summed E-state index contributed by atoms with van der Waals surface area (Å²) in [6.07, 6.45) is 8.26. The second-order valence-electron chi connectivity index (χ2n) is 8.68. The molecule has 0 saturated heterocycles. The van der Waals surface area contributed by atoms with Gasteiger partial charge >= 0.3 is 0 Å². The van der Waals surface area contributed by atoms with Crippen LogP contribution in [0.4, 0.5) is 0 Å². The Kier molecular flexibility index (Phi) is 7.63. The first-order valence-corrected chi connectivity index (χ1v) is 12.6. The van der Waals surface area contributed by atoms with E-state index in [1.807, 2.05) is 43.3 Å². The van der Waals surface area contributed by atoms with Crippen LogP contribution in [0.1, 0.15) is 56.1 Å². The van der Waals surface area contributed by atoms with Gasteiger partial charge in [0.25, 0.3) is 5.56 Å². The quantitative estimate of drug-likeness (QED) is 0.534. The van der Waals surface area contributed by atoms with Crippen molar-refractivity contribution in [2.24, 2.45) is 0 Å². The first-order valence-electron chi connectivity index (χ1n) is 11.6. The number of carbonyl (C=O) groups excluding carboxylic acids is 1. The van der Waals surface area contributed by atoms with Gasteiger partial charge in [0.1, 0.15) is 0 Å². The summed E-state index contributed by atoms with van der Waals surface area (Å²) >= 11 is 1.24. The molecule has 168 valence electrons. The molecule has 1 aliphatic carbocycles. The highest BCUT2D eigenvalue weighted by Gasteiger charge is 2.17. The van der Waals surface area contributed by atoms with Crippen molar-refractivity contribution in [1.29, 1.82) is 0 Å². The fraction of sp³-hybridized carbons (Fsp3) is 0.423. The zero-order chi connectivity index (χ0) is 22.3. The number of hydrogen-bond donors (Lipinski definition) is 1. The van der Waals surface area contributed by atoms with Gasteiger partial charge in [-0.3, -0.25) is 14.2 Å². The molecular weight excluding hydrogens is 418 g/mol. The second-order valence-corrected chi connectivity index (χ2v) is 9.64. The van der Waals surface area contributed by atoms with Gasteiger partial charge in [0, 0.05) is 6.04 Å². The minimum absolute atomic E-state index is 0.0139. The standard InChI is InChI=1S/C26H31N3O2S/c1-19-13-15-20(16-14-19)17-29-23-12-8-7-11-22(23)28-25(26(29)31)32-18-24(30)27-21-9-5-3-2-4-6-10-21/h7-8,11-16,21H,2-6,9-10,17-18H2,1H3,(H,27,30). The van der Waals surface area contributed by atoms with Crippen molar-refractivity contribution in [3.8, 4) is 0 Å². The Hall–Kier alpha value is -2.60. The van der Waals surface area contributed by atoms with Gasteiger partial charge in [-0.05, 0) is 37.5 Å². The predicted octanol–water partition coefficient (Wildman–Crippen LogP) is 5.07. The number of nitrogens with zero attached hydrogens (tertiary/aromatic N) is 2. The van der Waals surface area contributed by atoms with E-state index in [4.69, 9.17) is 0 Å².